The highest BCUT2D eigenvalue weighted by Gasteiger charge is 2.15. The molecule has 1 unspecified atom stereocenters. The van der Waals surface area contributed by atoms with E-state index in [4.69, 9.17) is 0 Å². The van der Waals surface area contributed by atoms with E-state index in [0.717, 1.165) is 25.1 Å². The van der Waals surface area contributed by atoms with Crippen molar-refractivity contribution in [3.8, 4) is 5.75 Å². The molecule has 2 rings (SSSR count). The second-order valence-corrected chi connectivity index (χ2v) is 3.87. The lowest BCUT2D eigenvalue weighted by Crippen LogP contribution is -2.21. The molecule has 1 aliphatic rings. The third-order valence-electron chi connectivity index (χ3n) is 2.27. The second-order valence-electron chi connectivity index (χ2n) is 3.14. The van der Waals surface area contributed by atoms with Crippen molar-refractivity contribution in [3.63, 3.8) is 0 Å². The maximum absolute atomic E-state index is 9.52. The molecule has 0 aromatic heterocycles. The Hall–Kier alpha value is -0.590. The molecule has 3 heteroatoms. The predicted octanol–water partition coefficient (Wildman–Crippen LogP) is 1.54. The summed E-state index contributed by atoms with van der Waals surface area (Å²) in [6.07, 6.45) is 0.950. The molecule has 0 spiro atoms. The molecule has 1 aliphatic heterocycles. The summed E-state index contributed by atoms with van der Waals surface area (Å²) in [4.78, 5) is 0. The molecular formula is C9H12NOP. The van der Waals surface area contributed by atoms with E-state index in [0.29, 0.717) is 5.75 Å². The zero-order chi connectivity index (χ0) is 8.55. The molecule has 1 aromatic carbocycles. The van der Waals surface area contributed by atoms with Crippen LogP contribution in [0.25, 0.3) is 0 Å². The summed E-state index contributed by atoms with van der Waals surface area (Å²) < 4.78 is 2.18. The van der Waals surface area contributed by atoms with Gasteiger partial charge in [-0.3, -0.25) is 4.67 Å². The molecule has 0 saturated heterocycles. The number of fused-ring (bicyclic) bond motifs is 1. The van der Waals surface area contributed by atoms with E-state index in [-0.39, 0.29) is 0 Å². The van der Waals surface area contributed by atoms with Gasteiger partial charge in [-0.25, -0.2) is 0 Å². The molecular weight excluding hydrogens is 169 g/mol. The fourth-order valence-electron chi connectivity index (χ4n) is 1.61. The molecule has 1 atom stereocenters. The van der Waals surface area contributed by atoms with Crippen LogP contribution in [0.1, 0.15) is 11.1 Å². The molecule has 0 bridgehead atoms. The molecule has 1 N–H and O–H groups in total. The molecule has 64 valence electrons. The highest BCUT2D eigenvalue weighted by atomic mass is 31.0. The van der Waals surface area contributed by atoms with E-state index in [2.05, 4.69) is 20.1 Å². The van der Waals surface area contributed by atoms with E-state index >= 15 is 0 Å². The number of rotatable bonds is 0. The largest absolute Gasteiger partial charge is 0.508 e. The number of phenolic OH excluding ortho intramolecular Hbond substituents is 1. The van der Waals surface area contributed by atoms with Crippen LogP contribution in [-0.2, 0) is 13.0 Å². The van der Waals surface area contributed by atoms with E-state index in [1.807, 2.05) is 6.07 Å². The monoisotopic (exact) mass is 181 g/mol. The topological polar surface area (TPSA) is 23.5 Å². The fourth-order valence-corrected chi connectivity index (χ4v) is 1.94. The molecule has 2 nitrogen and oxygen atoms in total. The predicted molar refractivity (Wildman–Crippen MR) is 51.9 cm³/mol. The second kappa shape index (κ2) is 3.04. The summed E-state index contributed by atoms with van der Waals surface area (Å²) in [6, 6.07) is 5.74. The molecule has 0 fully saturated rings. The van der Waals surface area contributed by atoms with Gasteiger partial charge in [0.15, 0.2) is 0 Å². The smallest absolute Gasteiger partial charge is 0.119 e. The van der Waals surface area contributed by atoms with E-state index in [1.165, 1.54) is 5.56 Å². The average molecular weight is 181 g/mol. The van der Waals surface area contributed by atoms with Crippen LogP contribution in [0.5, 0.6) is 5.75 Å². The summed E-state index contributed by atoms with van der Waals surface area (Å²) >= 11 is 0. The molecule has 0 radical (unpaired) electrons. The van der Waals surface area contributed by atoms with Gasteiger partial charge in [-0.2, -0.15) is 0 Å². The quantitative estimate of drug-likeness (QED) is 0.614. The first-order chi connectivity index (χ1) is 5.77. The lowest BCUT2D eigenvalue weighted by atomic mass is 10.0. The van der Waals surface area contributed by atoms with Crippen LogP contribution in [0.2, 0.25) is 0 Å². The van der Waals surface area contributed by atoms with Crippen LogP contribution in [0.4, 0.5) is 0 Å². The van der Waals surface area contributed by atoms with Gasteiger partial charge in [0, 0.05) is 13.1 Å². The Bertz CT molecular complexity index is 301. The zero-order valence-corrected chi connectivity index (χ0v) is 7.98. The van der Waals surface area contributed by atoms with Crippen LogP contribution < -0.4 is 0 Å². The number of hydrogen-bond acceptors (Lipinski definition) is 2. The molecule has 1 aromatic rings. The third-order valence-corrected chi connectivity index (χ3v) is 2.71. The van der Waals surface area contributed by atoms with Crippen molar-refractivity contribution < 1.29 is 5.11 Å². The summed E-state index contributed by atoms with van der Waals surface area (Å²) in [5.74, 6) is 0.450. The third kappa shape index (κ3) is 1.33. The Morgan fingerprint density at radius 1 is 1.42 bits per heavy atom. The Labute approximate surface area is 74.5 Å². The van der Waals surface area contributed by atoms with Crippen molar-refractivity contribution in [1.29, 1.82) is 0 Å². The summed E-state index contributed by atoms with van der Waals surface area (Å²) in [7, 11) is 2.70. The number of benzene rings is 1. The van der Waals surface area contributed by atoms with Crippen LogP contribution >= 0.6 is 9.39 Å². The minimum Gasteiger partial charge on any atom is -0.508 e. The summed E-state index contributed by atoms with van der Waals surface area (Å²) in [5.41, 5.74) is 2.37. The first-order valence-corrected chi connectivity index (χ1v) is 4.58. The number of phenols is 1. The lowest BCUT2D eigenvalue weighted by Gasteiger charge is -2.24. The first kappa shape index (κ1) is 8.03. The number of nitrogens with zero attached hydrogens (tertiary/aromatic N) is 1. The van der Waals surface area contributed by atoms with Crippen LogP contribution in [0.3, 0.4) is 0 Å². The fraction of sp³-hybridized carbons (Fsp3) is 0.333. The van der Waals surface area contributed by atoms with E-state index in [1.54, 1.807) is 6.07 Å². The minimum atomic E-state index is 0.450. The molecule has 0 saturated carbocycles. The number of hydrogen-bond donors (Lipinski definition) is 1. The van der Waals surface area contributed by atoms with Crippen LogP contribution in [-0.4, -0.2) is 16.3 Å². The highest BCUT2D eigenvalue weighted by Crippen LogP contribution is 2.27. The van der Waals surface area contributed by atoms with Crippen molar-refractivity contribution in [2.75, 3.05) is 6.54 Å². The van der Waals surface area contributed by atoms with Gasteiger partial charge in [0.2, 0.25) is 0 Å². The van der Waals surface area contributed by atoms with E-state index in [9.17, 15) is 5.11 Å². The van der Waals surface area contributed by atoms with Gasteiger partial charge in [0.05, 0.1) is 0 Å². The first-order valence-electron chi connectivity index (χ1n) is 4.07. The molecule has 0 amide bonds. The zero-order valence-electron chi connectivity index (χ0n) is 6.83. The molecule has 12 heavy (non-hydrogen) atoms. The van der Waals surface area contributed by atoms with Crippen molar-refractivity contribution in [1.82, 2.24) is 4.67 Å². The normalized spacial score (nSPS) is 17.4. The Morgan fingerprint density at radius 2 is 2.25 bits per heavy atom. The summed E-state index contributed by atoms with van der Waals surface area (Å²) in [6.45, 7) is 1.93. The van der Waals surface area contributed by atoms with E-state index < -0.39 is 0 Å². The van der Waals surface area contributed by atoms with Gasteiger partial charge >= 0.3 is 0 Å². The van der Waals surface area contributed by atoms with Gasteiger partial charge in [0.25, 0.3) is 0 Å². The van der Waals surface area contributed by atoms with Crippen molar-refractivity contribution in [2.24, 2.45) is 0 Å². The Kier molecular flexibility index (Phi) is 2.03. The van der Waals surface area contributed by atoms with Crippen molar-refractivity contribution in [3.05, 3.63) is 29.3 Å². The van der Waals surface area contributed by atoms with Gasteiger partial charge in [-0.15, -0.1) is 0 Å². The number of aromatic hydroxyl groups is 1. The van der Waals surface area contributed by atoms with Gasteiger partial charge in [0.1, 0.15) is 5.75 Å². The highest BCUT2D eigenvalue weighted by molar-refractivity contribution is 7.13. The van der Waals surface area contributed by atoms with Crippen LogP contribution in [0, 0.1) is 0 Å². The molecule has 0 aliphatic carbocycles. The average Bonchev–Trinajstić information content (AvgIpc) is 2.04. The van der Waals surface area contributed by atoms with Gasteiger partial charge in [-0.1, -0.05) is 21.5 Å². The standard InChI is InChI=1S/C9H12NOP/c11-9-3-1-2-7-6-10(12)5-4-8(7)9/h1-3,11H,4-6,12H2. The Balaban J connectivity index is 2.42. The van der Waals surface area contributed by atoms with Gasteiger partial charge in [-0.05, 0) is 23.6 Å². The maximum Gasteiger partial charge on any atom is 0.119 e. The van der Waals surface area contributed by atoms with Crippen molar-refractivity contribution >= 4 is 9.39 Å². The minimum absolute atomic E-state index is 0.450. The van der Waals surface area contributed by atoms with Gasteiger partial charge < -0.3 is 5.11 Å². The van der Waals surface area contributed by atoms with Crippen LogP contribution in [0.15, 0.2) is 18.2 Å². The SMILES string of the molecule is Oc1cccc2c1CCN(P)C2. The molecule has 1 heterocycles. The maximum atomic E-state index is 9.52. The Morgan fingerprint density at radius 3 is 3.08 bits per heavy atom. The lowest BCUT2D eigenvalue weighted by molar-refractivity contribution is 0.418. The summed E-state index contributed by atoms with van der Waals surface area (Å²) in [5, 5.41) is 9.52. The van der Waals surface area contributed by atoms with Crippen molar-refractivity contribution in [2.45, 2.75) is 13.0 Å².